The van der Waals surface area contributed by atoms with Crippen LogP contribution in [0.1, 0.15) is 11.0 Å². The first kappa shape index (κ1) is 28.7. The fraction of sp³-hybridized carbons (Fsp3) is 0. The minimum Gasteiger partial charge on any atom is -0.309 e. The van der Waals surface area contributed by atoms with Crippen molar-refractivity contribution in [3.8, 4) is 62.1 Å². The summed E-state index contributed by atoms with van der Waals surface area (Å²) in [5, 5.41) is 4.89. The number of hydrogen-bond donors (Lipinski definition) is 0. The summed E-state index contributed by atoms with van der Waals surface area (Å²) in [5.41, 5.74) is 6.68. The van der Waals surface area contributed by atoms with Gasteiger partial charge in [-0.2, -0.15) is 0 Å². The zero-order chi connectivity index (χ0) is 48.4. The van der Waals surface area contributed by atoms with Gasteiger partial charge in [-0.15, -0.1) is 22.7 Å². The Bertz CT molecular complexity index is 4330. The van der Waals surface area contributed by atoms with E-state index in [1.165, 1.54) is 45.8 Å². The number of rotatable bonds is 6. The molecular formula is C57H34N4S2. The van der Waals surface area contributed by atoms with E-state index < -0.39 is 36.3 Å². The van der Waals surface area contributed by atoms with Crippen LogP contribution >= 0.6 is 22.7 Å². The molecule has 0 bridgehead atoms. The van der Waals surface area contributed by atoms with E-state index in [1.807, 2.05) is 59.9 Å². The summed E-state index contributed by atoms with van der Waals surface area (Å²) >= 11 is 3.59. The molecule has 0 amide bonds. The fourth-order valence-corrected chi connectivity index (χ4v) is 11.1. The molecule has 0 aliphatic rings. The lowest BCUT2D eigenvalue weighted by Crippen LogP contribution is -2.03. The quantitative estimate of drug-likeness (QED) is 0.167. The summed E-state index contributed by atoms with van der Waals surface area (Å²) in [6, 6.07) is 49.8. The van der Waals surface area contributed by atoms with Crippen LogP contribution in [0.2, 0.25) is 0 Å². The van der Waals surface area contributed by atoms with E-state index in [2.05, 4.69) is 91.0 Å². The number of thiophene rings is 2. The molecule has 0 unspecified atom stereocenters. The zero-order valence-electron chi connectivity index (χ0n) is 41.1. The van der Waals surface area contributed by atoms with Gasteiger partial charge in [-0.25, -0.2) is 15.0 Å². The summed E-state index contributed by atoms with van der Waals surface area (Å²) in [6.07, 6.45) is 0. The minimum atomic E-state index is -0.506. The van der Waals surface area contributed by atoms with Crippen LogP contribution in [0.15, 0.2) is 206 Å². The van der Waals surface area contributed by atoms with Crippen molar-refractivity contribution in [2.75, 3.05) is 0 Å². The van der Waals surface area contributed by atoms with Gasteiger partial charge in [-0.3, -0.25) is 0 Å². The van der Waals surface area contributed by atoms with Crippen molar-refractivity contribution in [3.05, 3.63) is 206 Å². The van der Waals surface area contributed by atoms with Crippen molar-refractivity contribution in [2.24, 2.45) is 0 Å². The van der Waals surface area contributed by atoms with Crippen molar-refractivity contribution in [3.63, 3.8) is 0 Å². The van der Waals surface area contributed by atoms with Crippen LogP contribution in [-0.2, 0) is 0 Å². The molecule has 13 aromatic rings. The SMILES string of the molecule is [2H]c1c([2H])c([2H])c2c(c1[2H])c1c([2H])c([2H])c([2H])c([2H])c1n2-c1ccccc1-c1nc(-c2ccccc2)nc(-c2cccc(-c3cccc4c3sc3ccc(-c5ccc6sc7ccccc7c6c5)cc34)c2)n1. The topological polar surface area (TPSA) is 43.6 Å². The third-order valence-corrected chi connectivity index (χ3v) is 14.1. The highest BCUT2D eigenvalue weighted by atomic mass is 32.1. The van der Waals surface area contributed by atoms with Gasteiger partial charge in [0.05, 0.1) is 27.7 Å². The summed E-state index contributed by atoms with van der Waals surface area (Å²) in [7, 11) is 0. The monoisotopic (exact) mass is 846 g/mol. The first-order chi connectivity index (χ1) is 34.5. The van der Waals surface area contributed by atoms with Crippen LogP contribution in [0.5, 0.6) is 0 Å². The molecular weight excluding hydrogens is 805 g/mol. The molecule has 0 atom stereocenters. The number of hydrogen-bond acceptors (Lipinski definition) is 5. The van der Waals surface area contributed by atoms with Crippen LogP contribution in [0.3, 0.4) is 0 Å². The number of fused-ring (bicyclic) bond motifs is 9. The molecule has 4 aromatic heterocycles. The Morgan fingerprint density at radius 1 is 0.365 bits per heavy atom. The van der Waals surface area contributed by atoms with Gasteiger partial charge in [0.25, 0.3) is 0 Å². The molecule has 63 heavy (non-hydrogen) atoms. The molecule has 9 aromatic carbocycles. The van der Waals surface area contributed by atoms with Gasteiger partial charge in [0, 0.05) is 67.8 Å². The van der Waals surface area contributed by atoms with Crippen molar-refractivity contribution in [1.29, 1.82) is 0 Å². The van der Waals surface area contributed by atoms with E-state index in [0.29, 0.717) is 22.9 Å². The van der Waals surface area contributed by atoms with Gasteiger partial charge in [0.1, 0.15) is 0 Å². The van der Waals surface area contributed by atoms with Gasteiger partial charge < -0.3 is 4.57 Å². The molecule has 4 heterocycles. The maximum atomic E-state index is 9.16. The molecule has 0 aliphatic heterocycles. The molecule has 0 saturated heterocycles. The van der Waals surface area contributed by atoms with Crippen LogP contribution in [0, 0.1) is 0 Å². The fourth-order valence-electron chi connectivity index (χ4n) is 8.80. The van der Waals surface area contributed by atoms with Crippen LogP contribution in [-0.4, -0.2) is 19.5 Å². The standard InChI is InChI=1S/C57H34N4S2/c1-2-14-35(15-3-1)55-58-56(60-57(59-55)45-21-6-10-26-50(45)61-48-24-8-4-18-41(48)42-19-5-9-25-49(42)61)39-17-12-16-38(32-39)40-22-13-23-44-47-34-37(29-31-53(47)63-54(40)44)36-28-30-52-46(33-36)43-20-7-11-27-51(43)62-52/h1-34H/i4D,5D,8D,9D,18D,19D,24D,25D. The van der Waals surface area contributed by atoms with Gasteiger partial charge in [0.15, 0.2) is 17.5 Å². The summed E-state index contributed by atoms with van der Waals surface area (Å²) < 4.78 is 77.1. The van der Waals surface area contributed by atoms with Crippen molar-refractivity contribution in [2.45, 2.75) is 0 Å². The molecule has 6 heteroatoms. The highest BCUT2D eigenvalue weighted by Crippen LogP contribution is 2.43. The highest BCUT2D eigenvalue weighted by molar-refractivity contribution is 7.26. The third kappa shape index (κ3) is 5.91. The smallest absolute Gasteiger partial charge is 0.166 e. The number of para-hydroxylation sites is 3. The van der Waals surface area contributed by atoms with E-state index in [-0.39, 0.29) is 39.7 Å². The Kier molecular flexibility index (Phi) is 6.57. The second-order valence-corrected chi connectivity index (χ2v) is 17.5. The third-order valence-electron chi connectivity index (χ3n) is 11.7. The summed E-state index contributed by atoms with van der Waals surface area (Å²) in [6.45, 7) is 0. The number of benzene rings is 9. The average Bonchev–Trinajstić information content (AvgIpc) is 4.11. The largest absolute Gasteiger partial charge is 0.309 e. The Labute approximate surface area is 381 Å². The normalized spacial score (nSPS) is 13.6. The lowest BCUT2D eigenvalue weighted by atomic mass is 9.98. The zero-order valence-corrected chi connectivity index (χ0v) is 34.7. The maximum absolute atomic E-state index is 9.16. The van der Waals surface area contributed by atoms with E-state index in [9.17, 15) is 0 Å². The number of nitrogens with zero attached hydrogens (tertiary/aromatic N) is 4. The second kappa shape index (κ2) is 14.4. The lowest BCUT2D eigenvalue weighted by molar-refractivity contribution is 1.06. The van der Waals surface area contributed by atoms with Gasteiger partial charge >= 0.3 is 0 Å². The van der Waals surface area contributed by atoms with Crippen molar-refractivity contribution >= 4 is 84.8 Å². The maximum Gasteiger partial charge on any atom is 0.166 e. The Morgan fingerprint density at radius 2 is 0.921 bits per heavy atom. The molecule has 294 valence electrons. The molecule has 0 saturated carbocycles. The predicted molar refractivity (Wildman–Crippen MR) is 267 cm³/mol. The highest BCUT2D eigenvalue weighted by Gasteiger charge is 2.20. The van der Waals surface area contributed by atoms with Crippen LogP contribution in [0.25, 0.3) is 124 Å². The van der Waals surface area contributed by atoms with Crippen LogP contribution < -0.4 is 0 Å². The molecule has 0 fully saturated rings. The van der Waals surface area contributed by atoms with Crippen LogP contribution in [0.4, 0.5) is 0 Å². The van der Waals surface area contributed by atoms with E-state index >= 15 is 0 Å². The minimum absolute atomic E-state index is 0.00941. The second-order valence-electron chi connectivity index (χ2n) is 15.4. The molecule has 0 radical (unpaired) electrons. The lowest BCUT2D eigenvalue weighted by Gasteiger charge is -2.14. The van der Waals surface area contributed by atoms with Gasteiger partial charge in [-0.1, -0.05) is 145 Å². The van der Waals surface area contributed by atoms with Gasteiger partial charge in [-0.05, 0) is 82.9 Å². The number of aromatic nitrogens is 4. The molecule has 13 rings (SSSR count). The Morgan fingerprint density at radius 3 is 1.71 bits per heavy atom. The van der Waals surface area contributed by atoms with E-state index in [0.717, 1.165) is 32.5 Å². The molecule has 0 aliphatic carbocycles. The molecule has 0 spiro atoms. The van der Waals surface area contributed by atoms with Crippen molar-refractivity contribution in [1.82, 2.24) is 19.5 Å². The average molecular weight is 847 g/mol. The van der Waals surface area contributed by atoms with E-state index in [4.69, 9.17) is 25.9 Å². The summed E-state index contributed by atoms with van der Waals surface area (Å²) in [4.78, 5) is 15.2. The first-order valence-electron chi connectivity index (χ1n) is 24.4. The molecule has 4 nitrogen and oxygen atoms in total. The van der Waals surface area contributed by atoms with Gasteiger partial charge in [0.2, 0.25) is 0 Å². The Balaban J connectivity index is 0.970. The molecule has 0 N–H and O–H groups in total. The summed E-state index contributed by atoms with van der Waals surface area (Å²) in [5.74, 6) is 1.03. The predicted octanol–water partition coefficient (Wildman–Crippen LogP) is 16.0. The van der Waals surface area contributed by atoms with E-state index in [1.54, 1.807) is 29.5 Å². The van der Waals surface area contributed by atoms with Crippen molar-refractivity contribution < 1.29 is 11.0 Å². The first-order valence-corrected chi connectivity index (χ1v) is 22.1. The Hall–Kier alpha value is -7.77.